The third-order valence-corrected chi connectivity index (χ3v) is 4.67. The summed E-state index contributed by atoms with van der Waals surface area (Å²) in [6.45, 7) is 1.79. The highest BCUT2D eigenvalue weighted by Crippen LogP contribution is 2.40. The molecule has 170 valence electrons. The molecule has 12 heteroatoms. The van der Waals surface area contributed by atoms with E-state index in [1.807, 2.05) is 0 Å². The molecular formula is C19H22ClF3N4O4. The van der Waals surface area contributed by atoms with Crippen LogP contribution < -0.4 is 21.5 Å². The number of halogens is 4. The van der Waals surface area contributed by atoms with Gasteiger partial charge < -0.3 is 26.6 Å². The predicted octanol–water partition coefficient (Wildman–Crippen LogP) is 2.37. The smallest absolute Gasteiger partial charge is 0.429 e. The number of guanidine groups is 1. The number of alkyl halides is 3. The highest BCUT2D eigenvalue weighted by molar-refractivity contribution is 6.30. The fourth-order valence-corrected chi connectivity index (χ4v) is 3.32. The Bertz CT molecular complexity index is 914. The second kappa shape index (κ2) is 9.90. The fourth-order valence-electron chi connectivity index (χ4n) is 3.04. The number of carboxylic acids is 1. The number of unbranched alkanes of at least 4 members (excludes halogenated alkanes) is 1. The van der Waals surface area contributed by atoms with Crippen molar-refractivity contribution in [3.05, 3.63) is 33.9 Å². The summed E-state index contributed by atoms with van der Waals surface area (Å²) < 4.78 is 45.8. The van der Waals surface area contributed by atoms with Crippen molar-refractivity contribution in [3.8, 4) is 5.75 Å². The van der Waals surface area contributed by atoms with Crippen molar-refractivity contribution in [2.24, 2.45) is 16.5 Å². The van der Waals surface area contributed by atoms with Gasteiger partial charge in [0.05, 0.1) is 5.57 Å². The van der Waals surface area contributed by atoms with E-state index in [2.05, 4.69) is 10.3 Å². The van der Waals surface area contributed by atoms with E-state index >= 15 is 0 Å². The summed E-state index contributed by atoms with van der Waals surface area (Å²) in [7, 11) is 0. The first kappa shape index (κ1) is 24.3. The molecule has 31 heavy (non-hydrogen) atoms. The maximum absolute atomic E-state index is 13.6. The van der Waals surface area contributed by atoms with Crippen LogP contribution in [0.4, 0.5) is 13.2 Å². The van der Waals surface area contributed by atoms with E-state index in [-0.39, 0.29) is 35.3 Å². The van der Waals surface area contributed by atoms with Crippen molar-refractivity contribution in [3.63, 3.8) is 0 Å². The third kappa shape index (κ3) is 6.51. The van der Waals surface area contributed by atoms with E-state index in [1.54, 1.807) is 0 Å². The molecule has 0 spiro atoms. The minimum Gasteiger partial charge on any atom is -0.480 e. The van der Waals surface area contributed by atoms with Gasteiger partial charge >= 0.3 is 12.1 Å². The number of aryl methyl sites for hydroxylation is 1. The van der Waals surface area contributed by atoms with Gasteiger partial charge in [-0.3, -0.25) is 9.79 Å². The fraction of sp³-hybridized carbons (Fsp3) is 0.421. The first-order chi connectivity index (χ1) is 14.4. The number of nitrogens with one attached hydrogen (secondary N) is 1. The van der Waals surface area contributed by atoms with E-state index < -0.39 is 35.8 Å². The number of hydrogen-bond acceptors (Lipinski definition) is 4. The molecule has 1 aliphatic heterocycles. The summed E-state index contributed by atoms with van der Waals surface area (Å²) in [6.07, 6.45) is -5.69. The number of carbonyl (C=O) groups excluding carboxylic acids is 1. The number of carboxylic acid groups (broad SMARTS) is 1. The molecule has 1 aromatic carbocycles. The van der Waals surface area contributed by atoms with E-state index in [1.165, 1.54) is 19.1 Å². The zero-order valence-electron chi connectivity index (χ0n) is 16.5. The van der Waals surface area contributed by atoms with E-state index in [9.17, 15) is 27.9 Å². The van der Waals surface area contributed by atoms with Crippen molar-refractivity contribution in [1.29, 1.82) is 0 Å². The van der Waals surface area contributed by atoms with Gasteiger partial charge in [-0.25, -0.2) is 4.79 Å². The normalized spacial score (nSPS) is 16.4. The molecule has 1 unspecified atom stereocenters. The first-order valence-corrected chi connectivity index (χ1v) is 9.62. The number of benzene rings is 1. The molecule has 6 N–H and O–H groups in total. The maximum atomic E-state index is 13.6. The lowest BCUT2D eigenvalue weighted by Gasteiger charge is -2.30. The molecule has 0 radical (unpaired) electrons. The largest absolute Gasteiger partial charge is 0.480 e. The average molecular weight is 463 g/mol. The molecule has 0 bridgehead atoms. The van der Waals surface area contributed by atoms with Crippen LogP contribution in [0.3, 0.4) is 0 Å². The number of aliphatic carboxylic acids is 1. The van der Waals surface area contributed by atoms with Gasteiger partial charge in [-0.1, -0.05) is 11.6 Å². The summed E-state index contributed by atoms with van der Waals surface area (Å²) in [6, 6.07) is 1.40. The molecule has 8 nitrogen and oxygen atoms in total. The van der Waals surface area contributed by atoms with Crippen LogP contribution in [0.2, 0.25) is 5.02 Å². The highest BCUT2D eigenvalue weighted by Gasteiger charge is 2.48. The van der Waals surface area contributed by atoms with Gasteiger partial charge in [0, 0.05) is 17.1 Å². The Hall–Kier alpha value is -2.95. The second-order valence-electron chi connectivity index (χ2n) is 6.95. The zero-order chi connectivity index (χ0) is 23.3. The van der Waals surface area contributed by atoms with Crippen LogP contribution in [0, 0.1) is 6.92 Å². The Kier molecular flexibility index (Phi) is 7.77. The molecule has 2 atom stereocenters. The number of nitrogens with zero attached hydrogens (tertiary/aromatic N) is 1. The van der Waals surface area contributed by atoms with E-state index in [0.29, 0.717) is 18.4 Å². The summed E-state index contributed by atoms with van der Waals surface area (Å²) in [5.41, 5.74) is 10.2. The van der Waals surface area contributed by atoms with Gasteiger partial charge in [-0.15, -0.1) is 0 Å². The van der Waals surface area contributed by atoms with Crippen LogP contribution in [-0.4, -0.2) is 47.8 Å². The average Bonchev–Trinajstić information content (AvgIpc) is 2.64. The molecular weight excluding hydrogens is 441 g/mol. The van der Waals surface area contributed by atoms with Gasteiger partial charge in [0.15, 0.2) is 5.96 Å². The summed E-state index contributed by atoms with van der Waals surface area (Å²) >= 11 is 5.95. The molecule has 2 rings (SSSR count). The monoisotopic (exact) mass is 462 g/mol. The Balaban J connectivity index is 2.23. The Labute approximate surface area is 181 Å². The van der Waals surface area contributed by atoms with Gasteiger partial charge in [0.2, 0.25) is 6.10 Å². The quantitative estimate of drug-likeness (QED) is 0.265. The van der Waals surface area contributed by atoms with Gasteiger partial charge in [0.25, 0.3) is 5.91 Å². The number of ether oxygens (including phenoxy) is 1. The maximum Gasteiger partial charge on any atom is 0.429 e. The highest BCUT2D eigenvalue weighted by atomic mass is 35.5. The standard InChI is InChI=1S/C19H22ClF3N4O4/c1-9-6-11(20)7-10-8-12(15(19(21,22)23)31-14(9)10)16(28)27-13(17(29)30)4-2-3-5-26-18(24)25/h6-8,13,15H,2-5H2,1H3,(H,27,28)(H,29,30)(H4,24,25,26)/t13?,15-/m0/s1. The molecule has 0 saturated carbocycles. The van der Waals surface area contributed by atoms with Crippen LogP contribution >= 0.6 is 11.6 Å². The van der Waals surface area contributed by atoms with E-state index in [4.69, 9.17) is 27.8 Å². The Morgan fingerprint density at radius 3 is 2.58 bits per heavy atom. The third-order valence-electron chi connectivity index (χ3n) is 4.46. The zero-order valence-corrected chi connectivity index (χ0v) is 17.3. The van der Waals surface area contributed by atoms with Crippen LogP contribution in [0.15, 0.2) is 22.7 Å². The number of carbonyl (C=O) groups is 2. The Morgan fingerprint density at radius 2 is 2.00 bits per heavy atom. The van der Waals surface area contributed by atoms with Crippen molar-refractivity contribution in [2.45, 2.75) is 44.5 Å². The van der Waals surface area contributed by atoms with Crippen molar-refractivity contribution >= 4 is 35.5 Å². The summed E-state index contributed by atoms with van der Waals surface area (Å²) in [4.78, 5) is 27.8. The molecule has 1 heterocycles. The molecule has 1 aliphatic rings. The molecule has 1 aromatic rings. The van der Waals surface area contributed by atoms with Crippen LogP contribution in [-0.2, 0) is 9.59 Å². The predicted molar refractivity (Wildman–Crippen MR) is 109 cm³/mol. The number of fused-ring (bicyclic) bond motifs is 1. The van der Waals surface area contributed by atoms with Crippen molar-refractivity contribution < 1.29 is 32.6 Å². The van der Waals surface area contributed by atoms with Gasteiger partial charge in [-0.05, 0) is 50.0 Å². The number of hydrogen-bond donors (Lipinski definition) is 4. The SMILES string of the molecule is Cc1cc(Cl)cc2c1O[C@H](C(F)(F)F)C(C(=O)NC(CCCCN=C(N)N)C(=O)O)=C2. The lowest BCUT2D eigenvalue weighted by Crippen LogP contribution is -2.47. The Morgan fingerprint density at radius 1 is 1.32 bits per heavy atom. The molecule has 0 fully saturated rings. The molecule has 0 saturated heterocycles. The van der Waals surface area contributed by atoms with Gasteiger partial charge in [-0.2, -0.15) is 13.2 Å². The van der Waals surface area contributed by atoms with Crippen LogP contribution in [0.5, 0.6) is 5.75 Å². The number of rotatable bonds is 8. The molecule has 0 aliphatic carbocycles. The van der Waals surface area contributed by atoms with E-state index in [0.717, 1.165) is 6.08 Å². The lowest BCUT2D eigenvalue weighted by atomic mass is 9.98. The first-order valence-electron chi connectivity index (χ1n) is 9.24. The second-order valence-corrected chi connectivity index (χ2v) is 7.38. The topological polar surface area (TPSA) is 140 Å². The number of nitrogens with two attached hydrogens (primary N) is 2. The van der Waals surface area contributed by atoms with Crippen molar-refractivity contribution in [2.75, 3.05) is 6.54 Å². The molecule has 1 amide bonds. The minimum absolute atomic E-state index is 0.0204. The lowest BCUT2D eigenvalue weighted by molar-refractivity contribution is -0.185. The summed E-state index contributed by atoms with van der Waals surface area (Å²) in [5.74, 6) is -2.73. The summed E-state index contributed by atoms with van der Waals surface area (Å²) in [5, 5.41) is 11.7. The van der Waals surface area contributed by atoms with Gasteiger partial charge in [0.1, 0.15) is 11.8 Å². The minimum atomic E-state index is -4.90. The van der Waals surface area contributed by atoms with Crippen LogP contribution in [0.1, 0.15) is 30.4 Å². The van der Waals surface area contributed by atoms with Crippen LogP contribution in [0.25, 0.3) is 6.08 Å². The van der Waals surface area contributed by atoms with Crippen molar-refractivity contribution in [1.82, 2.24) is 5.32 Å². The number of amides is 1. The number of aliphatic imine (C=N–C) groups is 1. The molecule has 0 aromatic heterocycles.